The summed E-state index contributed by atoms with van der Waals surface area (Å²) in [5.74, 6) is 1.47. The molecule has 0 aromatic carbocycles. The van der Waals surface area contributed by atoms with Gasteiger partial charge in [-0.3, -0.25) is 0 Å². The monoisotopic (exact) mass is 239 g/mol. The minimum absolute atomic E-state index is 0.310. The summed E-state index contributed by atoms with van der Waals surface area (Å²) in [6.07, 6.45) is 3.23. The lowest BCUT2D eigenvalue weighted by molar-refractivity contribution is 0.239. The second-order valence-corrected chi connectivity index (χ2v) is 5.73. The van der Waals surface area contributed by atoms with Gasteiger partial charge in [0.25, 0.3) is 0 Å². The summed E-state index contributed by atoms with van der Waals surface area (Å²) >= 11 is 0. The highest BCUT2D eigenvalue weighted by Gasteiger charge is 2.09. The van der Waals surface area contributed by atoms with Gasteiger partial charge in [0.05, 0.1) is 12.1 Å². The Labute approximate surface area is 107 Å². The lowest BCUT2D eigenvalue weighted by Crippen LogP contribution is -2.32. The summed E-state index contributed by atoms with van der Waals surface area (Å²) in [6, 6.07) is 1.79. The Hall–Kier alpha value is -0.590. The van der Waals surface area contributed by atoms with Gasteiger partial charge in [-0.25, -0.2) is 0 Å². The summed E-state index contributed by atoms with van der Waals surface area (Å²) in [7, 11) is 0. The molecule has 3 nitrogen and oxygen atoms in total. The van der Waals surface area contributed by atoms with Crippen LogP contribution in [0, 0.1) is 23.2 Å². The molecule has 0 saturated heterocycles. The van der Waals surface area contributed by atoms with Crippen LogP contribution in [-0.4, -0.2) is 30.6 Å². The molecule has 0 fully saturated rings. The van der Waals surface area contributed by atoms with Crippen molar-refractivity contribution in [3.63, 3.8) is 0 Å². The number of rotatable bonds is 9. The topological polar surface area (TPSA) is 53.0 Å². The van der Waals surface area contributed by atoms with Gasteiger partial charge in [-0.1, -0.05) is 27.7 Å². The van der Waals surface area contributed by atoms with Crippen molar-refractivity contribution in [1.29, 1.82) is 5.26 Å². The molecule has 0 amide bonds. The second-order valence-electron chi connectivity index (χ2n) is 5.73. The molecule has 0 aliphatic heterocycles. The average Bonchev–Trinajstić information content (AvgIpc) is 2.26. The van der Waals surface area contributed by atoms with Gasteiger partial charge in [-0.2, -0.15) is 5.26 Å². The average molecular weight is 239 g/mol. The fourth-order valence-electron chi connectivity index (χ4n) is 1.60. The molecule has 0 rings (SSSR count). The van der Waals surface area contributed by atoms with Crippen molar-refractivity contribution >= 4 is 0 Å². The molecule has 0 aliphatic carbocycles. The molecule has 3 heteroatoms. The van der Waals surface area contributed by atoms with E-state index in [1.54, 1.807) is 0 Å². The highest BCUT2D eigenvalue weighted by molar-refractivity contribution is 4.86. The third-order valence-corrected chi connectivity index (χ3v) is 2.97. The van der Waals surface area contributed by atoms with Gasteiger partial charge in [0.2, 0.25) is 0 Å². The van der Waals surface area contributed by atoms with Crippen LogP contribution in [0.2, 0.25) is 0 Å². The van der Waals surface area contributed by atoms with Crippen molar-refractivity contribution in [3.05, 3.63) is 0 Å². The van der Waals surface area contributed by atoms with Crippen molar-refractivity contribution in [2.75, 3.05) is 19.6 Å². The molecule has 0 aliphatic rings. The summed E-state index contributed by atoms with van der Waals surface area (Å²) < 4.78 is 0. The van der Waals surface area contributed by atoms with Crippen LogP contribution in [-0.2, 0) is 0 Å². The lowest BCUT2D eigenvalue weighted by Gasteiger charge is -2.24. The third kappa shape index (κ3) is 10.3. The summed E-state index contributed by atoms with van der Waals surface area (Å²) in [6.45, 7) is 12.2. The fraction of sp³-hybridized carbons (Fsp3) is 0.929. The minimum Gasteiger partial charge on any atom is -0.316 e. The zero-order valence-corrected chi connectivity index (χ0v) is 11.9. The molecule has 0 saturated carbocycles. The van der Waals surface area contributed by atoms with E-state index in [0.717, 1.165) is 37.9 Å². The van der Waals surface area contributed by atoms with Gasteiger partial charge in [0.1, 0.15) is 0 Å². The van der Waals surface area contributed by atoms with Crippen LogP contribution in [0.25, 0.3) is 0 Å². The maximum Gasteiger partial charge on any atom is 0.0940 e. The predicted octanol–water partition coefficient (Wildman–Crippen LogP) is 2.62. The minimum atomic E-state index is -0.310. The molecular weight excluding hydrogens is 210 g/mol. The predicted molar refractivity (Wildman–Crippen MR) is 73.6 cm³/mol. The Kier molecular flexibility index (Phi) is 9.11. The van der Waals surface area contributed by atoms with Crippen LogP contribution in [0.4, 0.5) is 0 Å². The molecule has 1 unspecified atom stereocenters. The van der Waals surface area contributed by atoms with E-state index < -0.39 is 0 Å². The highest BCUT2D eigenvalue weighted by atomic mass is 15.1. The molecule has 17 heavy (non-hydrogen) atoms. The zero-order chi connectivity index (χ0) is 13.3. The van der Waals surface area contributed by atoms with Gasteiger partial charge < -0.3 is 10.6 Å². The Morgan fingerprint density at radius 2 is 1.35 bits per heavy atom. The quantitative estimate of drug-likeness (QED) is 0.673. The second kappa shape index (κ2) is 9.44. The van der Waals surface area contributed by atoms with Crippen molar-refractivity contribution in [2.45, 2.75) is 53.0 Å². The van der Waals surface area contributed by atoms with Crippen LogP contribution in [0.1, 0.15) is 47.0 Å². The van der Waals surface area contributed by atoms with Crippen LogP contribution >= 0.6 is 0 Å². The maximum absolute atomic E-state index is 8.69. The van der Waals surface area contributed by atoms with E-state index in [9.17, 15) is 0 Å². The zero-order valence-electron chi connectivity index (χ0n) is 11.9. The van der Waals surface area contributed by atoms with E-state index in [1.165, 1.54) is 12.8 Å². The molecule has 0 bridgehead atoms. The smallest absolute Gasteiger partial charge is 0.0940 e. The van der Waals surface area contributed by atoms with E-state index in [0.29, 0.717) is 0 Å². The maximum atomic E-state index is 8.69. The third-order valence-electron chi connectivity index (χ3n) is 2.97. The van der Waals surface area contributed by atoms with Gasteiger partial charge in [-0.05, 0) is 44.2 Å². The van der Waals surface area contributed by atoms with Gasteiger partial charge in [-0.15, -0.1) is 0 Å². The van der Waals surface area contributed by atoms with E-state index in [1.807, 2.05) is 0 Å². The van der Waals surface area contributed by atoms with Crippen molar-refractivity contribution < 1.29 is 0 Å². The van der Waals surface area contributed by atoms with Gasteiger partial charge in [0, 0.05) is 6.54 Å². The molecule has 0 spiro atoms. The summed E-state index contributed by atoms with van der Waals surface area (Å²) in [5, 5.41) is 8.69. The number of hydrogen-bond donors (Lipinski definition) is 1. The number of nitriles is 1. The molecule has 0 radical (unpaired) electrons. The van der Waals surface area contributed by atoms with Crippen LogP contribution < -0.4 is 5.73 Å². The first-order valence-corrected chi connectivity index (χ1v) is 6.83. The molecular formula is C14H29N3. The van der Waals surface area contributed by atoms with E-state index in [4.69, 9.17) is 11.0 Å². The summed E-state index contributed by atoms with van der Waals surface area (Å²) in [4.78, 5) is 2.46. The lowest BCUT2D eigenvalue weighted by atomic mass is 10.1. The van der Waals surface area contributed by atoms with Crippen LogP contribution in [0.5, 0.6) is 0 Å². The molecule has 2 N–H and O–H groups in total. The first kappa shape index (κ1) is 16.4. The summed E-state index contributed by atoms with van der Waals surface area (Å²) in [5.41, 5.74) is 5.65. The van der Waals surface area contributed by atoms with E-state index in [2.05, 4.69) is 38.7 Å². The molecule has 0 aromatic heterocycles. The van der Waals surface area contributed by atoms with Crippen molar-refractivity contribution in [2.24, 2.45) is 17.6 Å². The number of nitrogens with two attached hydrogens (primary N) is 1. The SMILES string of the molecule is CC(C)CCN(CCC(C)C)CCC(N)C#N. The Morgan fingerprint density at radius 3 is 1.71 bits per heavy atom. The van der Waals surface area contributed by atoms with Gasteiger partial charge >= 0.3 is 0 Å². The highest BCUT2D eigenvalue weighted by Crippen LogP contribution is 2.07. The normalized spacial score (nSPS) is 13.4. The molecule has 0 aromatic rings. The van der Waals surface area contributed by atoms with E-state index >= 15 is 0 Å². The fourth-order valence-corrected chi connectivity index (χ4v) is 1.60. The van der Waals surface area contributed by atoms with Gasteiger partial charge in [0.15, 0.2) is 0 Å². The Bertz CT molecular complexity index is 206. The van der Waals surface area contributed by atoms with Crippen LogP contribution in [0.3, 0.4) is 0 Å². The largest absolute Gasteiger partial charge is 0.316 e. The van der Waals surface area contributed by atoms with Crippen molar-refractivity contribution in [3.8, 4) is 6.07 Å². The molecule has 1 atom stereocenters. The Morgan fingerprint density at radius 1 is 0.941 bits per heavy atom. The van der Waals surface area contributed by atoms with E-state index in [-0.39, 0.29) is 6.04 Å². The molecule has 100 valence electrons. The Balaban J connectivity index is 3.97. The number of hydrogen-bond acceptors (Lipinski definition) is 3. The number of nitrogens with zero attached hydrogens (tertiary/aromatic N) is 2. The standard InChI is InChI=1S/C14H29N3/c1-12(2)5-8-17(9-6-13(3)4)10-7-14(16)11-15/h12-14H,5-10,16H2,1-4H3. The molecule has 0 heterocycles. The van der Waals surface area contributed by atoms with Crippen LogP contribution in [0.15, 0.2) is 0 Å². The first-order valence-electron chi connectivity index (χ1n) is 6.83. The first-order chi connectivity index (χ1) is 7.95. The van der Waals surface area contributed by atoms with Crippen molar-refractivity contribution in [1.82, 2.24) is 4.90 Å².